The summed E-state index contributed by atoms with van der Waals surface area (Å²) in [6.07, 6.45) is 0. The molecule has 20 heavy (non-hydrogen) atoms. The van der Waals surface area contributed by atoms with Crippen molar-refractivity contribution in [1.29, 1.82) is 10.5 Å². The Morgan fingerprint density at radius 3 is 2.70 bits per heavy atom. The molecule has 0 aromatic heterocycles. The molecule has 98 valence electrons. The molecule has 2 rings (SSSR count). The maximum Gasteiger partial charge on any atom is 0.174 e. The summed E-state index contributed by atoms with van der Waals surface area (Å²) in [4.78, 5) is 0. The van der Waals surface area contributed by atoms with E-state index in [2.05, 4.69) is 11.4 Å². The van der Waals surface area contributed by atoms with Crippen molar-refractivity contribution in [3.63, 3.8) is 0 Å². The minimum absolute atomic E-state index is 0.0354. The van der Waals surface area contributed by atoms with Gasteiger partial charge in [0.2, 0.25) is 0 Å². The van der Waals surface area contributed by atoms with Gasteiger partial charge in [-0.05, 0) is 29.8 Å². The fourth-order valence-electron chi connectivity index (χ4n) is 1.77. The van der Waals surface area contributed by atoms with E-state index in [1.807, 2.05) is 42.5 Å². The Hall–Kier alpha value is -2.98. The number of hydrogen-bond donors (Lipinski definition) is 1. The molecular weight excluding hydrogens is 250 g/mol. The molecule has 0 aliphatic heterocycles. The summed E-state index contributed by atoms with van der Waals surface area (Å²) in [6, 6.07) is 18.9. The molecule has 0 spiro atoms. The molecular formula is C16H13N3O. The summed E-state index contributed by atoms with van der Waals surface area (Å²) in [7, 11) is 0. The van der Waals surface area contributed by atoms with E-state index in [1.54, 1.807) is 12.1 Å². The molecule has 4 nitrogen and oxygen atoms in total. The SMILES string of the molecule is N#CCOc1cccc(NCc2cccc(C#N)c2)c1. The van der Waals surface area contributed by atoms with Gasteiger partial charge in [-0.15, -0.1) is 0 Å². The Balaban J connectivity index is 2.00. The van der Waals surface area contributed by atoms with Gasteiger partial charge < -0.3 is 10.1 Å². The molecule has 0 atom stereocenters. The van der Waals surface area contributed by atoms with E-state index < -0.39 is 0 Å². The van der Waals surface area contributed by atoms with Crippen molar-refractivity contribution in [3.05, 3.63) is 59.7 Å². The van der Waals surface area contributed by atoms with Crippen LogP contribution in [-0.2, 0) is 6.54 Å². The Kier molecular flexibility index (Phi) is 4.59. The fraction of sp³-hybridized carbons (Fsp3) is 0.125. The first-order valence-corrected chi connectivity index (χ1v) is 6.14. The number of ether oxygens (including phenoxy) is 1. The second-order valence-corrected chi connectivity index (χ2v) is 4.14. The molecule has 0 aliphatic carbocycles. The minimum Gasteiger partial charge on any atom is -0.479 e. The zero-order valence-electron chi connectivity index (χ0n) is 10.8. The quantitative estimate of drug-likeness (QED) is 0.900. The molecule has 0 saturated carbocycles. The van der Waals surface area contributed by atoms with Crippen LogP contribution in [0.2, 0.25) is 0 Å². The van der Waals surface area contributed by atoms with Gasteiger partial charge in [-0.3, -0.25) is 0 Å². The monoisotopic (exact) mass is 263 g/mol. The zero-order chi connectivity index (χ0) is 14.2. The summed E-state index contributed by atoms with van der Waals surface area (Å²) >= 11 is 0. The predicted molar refractivity (Wildman–Crippen MR) is 76.0 cm³/mol. The van der Waals surface area contributed by atoms with Crippen LogP contribution in [0.3, 0.4) is 0 Å². The number of anilines is 1. The van der Waals surface area contributed by atoms with Crippen LogP contribution >= 0.6 is 0 Å². The highest BCUT2D eigenvalue weighted by Crippen LogP contribution is 2.18. The van der Waals surface area contributed by atoms with E-state index in [0.29, 0.717) is 17.9 Å². The second-order valence-electron chi connectivity index (χ2n) is 4.14. The van der Waals surface area contributed by atoms with E-state index in [9.17, 15) is 0 Å². The first-order chi connectivity index (χ1) is 9.81. The van der Waals surface area contributed by atoms with Gasteiger partial charge in [0.05, 0.1) is 11.6 Å². The van der Waals surface area contributed by atoms with Crippen LogP contribution in [-0.4, -0.2) is 6.61 Å². The van der Waals surface area contributed by atoms with Crippen molar-refractivity contribution in [3.8, 4) is 17.9 Å². The normalized spacial score (nSPS) is 9.30. The molecule has 0 fully saturated rings. The zero-order valence-corrected chi connectivity index (χ0v) is 10.8. The first-order valence-electron chi connectivity index (χ1n) is 6.14. The molecule has 0 radical (unpaired) electrons. The molecule has 1 N–H and O–H groups in total. The number of benzene rings is 2. The molecule has 0 amide bonds. The topological polar surface area (TPSA) is 68.8 Å². The minimum atomic E-state index is 0.0354. The summed E-state index contributed by atoms with van der Waals surface area (Å²) < 4.78 is 5.24. The van der Waals surface area contributed by atoms with Gasteiger partial charge in [-0.2, -0.15) is 10.5 Å². The van der Waals surface area contributed by atoms with Gasteiger partial charge in [-0.25, -0.2) is 0 Å². The van der Waals surface area contributed by atoms with Crippen molar-refractivity contribution >= 4 is 5.69 Å². The maximum atomic E-state index is 8.85. The smallest absolute Gasteiger partial charge is 0.174 e. The van der Waals surface area contributed by atoms with Gasteiger partial charge in [0.15, 0.2) is 6.61 Å². The van der Waals surface area contributed by atoms with Crippen molar-refractivity contribution in [2.75, 3.05) is 11.9 Å². The van der Waals surface area contributed by atoms with Crippen molar-refractivity contribution in [2.45, 2.75) is 6.54 Å². The standard InChI is InChI=1S/C16H13N3O/c17-7-8-20-16-6-2-5-15(10-16)19-12-14-4-1-3-13(9-14)11-18/h1-6,9-10,19H,8,12H2. The summed E-state index contributed by atoms with van der Waals surface area (Å²) in [5.41, 5.74) is 2.59. The van der Waals surface area contributed by atoms with Crippen LogP contribution in [0.1, 0.15) is 11.1 Å². The highest BCUT2D eigenvalue weighted by molar-refractivity contribution is 5.49. The Morgan fingerprint density at radius 1 is 1.05 bits per heavy atom. The third kappa shape index (κ3) is 3.76. The second kappa shape index (κ2) is 6.82. The molecule has 0 heterocycles. The lowest BCUT2D eigenvalue weighted by Crippen LogP contribution is -2.00. The predicted octanol–water partition coefficient (Wildman–Crippen LogP) is 3.07. The summed E-state index contributed by atoms with van der Waals surface area (Å²) in [5.74, 6) is 0.655. The Labute approximate surface area is 117 Å². The molecule has 2 aromatic rings. The van der Waals surface area contributed by atoms with E-state index in [0.717, 1.165) is 11.3 Å². The van der Waals surface area contributed by atoms with Crippen molar-refractivity contribution in [1.82, 2.24) is 0 Å². The van der Waals surface area contributed by atoms with Gasteiger partial charge >= 0.3 is 0 Å². The number of nitrogens with zero attached hydrogens (tertiary/aromatic N) is 2. The molecule has 0 saturated heterocycles. The third-order valence-corrected chi connectivity index (χ3v) is 2.69. The summed E-state index contributed by atoms with van der Waals surface area (Å²) in [5, 5.41) is 20.6. The molecule has 0 unspecified atom stereocenters. The van der Waals surface area contributed by atoms with E-state index in [4.69, 9.17) is 15.3 Å². The number of hydrogen-bond acceptors (Lipinski definition) is 4. The molecule has 0 bridgehead atoms. The number of nitrogens with one attached hydrogen (secondary N) is 1. The van der Waals surface area contributed by atoms with E-state index in [-0.39, 0.29) is 6.61 Å². The third-order valence-electron chi connectivity index (χ3n) is 2.69. The van der Waals surface area contributed by atoms with Crippen LogP contribution in [0.15, 0.2) is 48.5 Å². The lowest BCUT2D eigenvalue weighted by molar-refractivity contribution is 0.368. The van der Waals surface area contributed by atoms with Crippen LogP contribution in [0.4, 0.5) is 5.69 Å². The number of nitriles is 2. The highest BCUT2D eigenvalue weighted by atomic mass is 16.5. The van der Waals surface area contributed by atoms with Crippen molar-refractivity contribution < 1.29 is 4.74 Å². The molecule has 0 aliphatic rings. The van der Waals surface area contributed by atoms with Gasteiger partial charge in [0.1, 0.15) is 11.8 Å². The van der Waals surface area contributed by atoms with Gasteiger partial charge in [-0.1, -0.05) is 18.2 Å². The largest absolute Gasteiger partial charge is 0.479 e. The Morgan fingerprint density at radius 2 is 1.90 bits per heavy atom. The van der Waals surface area contributed by atoms with E-state index >= 15 is 0 Å². The summed E-state index contributed by atoms with van der Waals surface area (Å²) in [6.45, 7) is 0.658. The maximum absolute atomic E-state index is 8.85. The van der Waals surface area contributed by atoms with Crippen molar-refractivity contribution in [2.24, 2.45) is 0 Å². The van der Waals surface area contributed by atoms with Crippen LogP contribution in [0.25, 0.3) is 0 Å². The van der Waals surface area contributed by atoms with Crippen LogP contribution in [0.5, 0.6) is 5.75 Å². The van der Waals surface area contributed by atoms with Gasteiger partial charge in [0, 0.05) is 18.3 Å². The average molecular weight is 263 g/mol. The first kappa shape index (κ1) is 13.5. The lowest BCUT2D eigenvalue weighted by Gasteiger charge is -2.08. The van der Waals surface area contributed by atoms with Crippen LogP contribution in [0, 0.1) is 22.7 Å². The highest BCUT2D eigenvalue weighted by Gasteiger charge is 1.98. The number of rotatable bonds is 5. The van der Waals surface area contributed by atoms with E-state index in [1.165, 1.54) is 0 Å². The fourth-order valence-corrected chi connectivity index (χ4v) is 1.77. The molecule has 2 aromatic carbocycles. The van der Waals surface area contributed by atoms with Crippen LogP contribution < -0.4 is 10.1 Å². The molecule has 4 heteroatoms. The Bertz CT molecular complexity index is 668. The average Bonchev–Trinajstić information content (AvgIpc) is 2.51. The lowest BCUT2D eigenvalue weighted by atomic mass is 10.1. The van der Waals surface area contributed by atoms with Gasteiger partial charge in [0.25, 0.3) is 0 Å².